The molecule has 1 fully saturated rings. The predicted octanol–water partition coefficient (Wildman–Crippen LogP) is 11.4. The summed E-state index contributed by atoms with van der Waals surface area (Å²) in [6.45, 7) is 27.9. The van der Waals surface area contributed by atoms with E-state index in [9.17, 15) is 10.3 Å². The summed E-state index contributed by atoms with van der Waals surface area (Å²) < 4.78 is 0. The zero-order valence-electron chi connectivity index (χ0n) is 24.6. The van der Waals surface area contributed by atoms with Gasteiger partial charge in [0.25, 0.3) is 0 Å². The molecule has 2 nitrogen and oxygen atoms in total. The molecular formula is C29H55ClNOPTi. The number of hydrogen-bond acceptors (Lipinski definition) is 1. The van der Waals surface area contributed by atoms with E-state index in [-0.39, 0.29) is 15.5 Å². The van der Waals surface area contributed by atoms with Crippen molar-refractivity contribution in [3.63, 3.8) is 0 Å². The molecule has 0 aliphatic heterocycles. The fraction of sp³-hybridized carbons (Fsp3) is 0.793. The Balaban J connectivity index is 0. The summed E-state index contributed by atoms with van der Waals surface area (Å²) >= 11 is 1.47. The van der Waals surface area contributed by atoms with Gasteiger partial charge in [0.1, 0.15) is 5.75 Å². The fourth-order valence-electron chi connectivity index (χ4n) is 5.41. The van der Waals surface area contributed by atoms with Gasteiger partial charge in [0.2, 0.25) is 0 Å². The van der Waals surface area contributed by atoms with Crippen LogP contribution in [-0.4, -0.2) is 20.6 Å². The summed E-state index contributed by atoms with van der Waals surface area (Å²) in [6, 6.07) is 6.00. The number of para-hydroxylation sites is 1. The fourth-order valence-corrected chi connectivity index (χ4v) is 11.5. The summed E-state index contributed by atoms with van der Waals surface area (Å²) in [5.41, 5.74) is 2.09. The Labute approximate surface area is 229 Å². The molecule has 1 aromatic carbocycles. The van der Waals surface area contributed by atoms with Crippen LogP contribution in [-0.2, 0) is 19.4 Å². The minimum absolute atomic E-state index is 0.0104. The van der Waals surface area contributed by atoms with Crippen molar-refractivity contribution < 1.29 is 24.5 Å². The Hall–Kier alpha value is 0.254. The summed E-state index contributed by atoms with van der Waals surface area (Å²) in [5, 5.41) is 21.0. The van der Waals surface area contributed by atoms with Gasteiger partial charge in [0, 0.05) is 0 Å². The Morgan fingerprint density at radius 1 is 0.706 bits per heavy atom. The van der Waals surface area contributed by atoms with Crippen LogP contribution in [0.5, 0.6) is 5.75 Å². The molecule has 0 bridgehead atoms. The van der Waals surface area contributed by atoms with Crippen molar-refractivity contribution in [3.05, 3.63) is 34.5 Å². The molecule has 0 spiro atoms. The van der Waals surface area contributed by atoms with E-state index < -0.39 is 7.05 Å². The van der Waals surface area contributed by atoms with Gasteiger partial charge in [-0.05, 0) is 38.4 Å². The first-order valence-electron chi connectivity index (χ1n) is 12.9. The van der Waals surface area contributed by atoms with Crippen LogP contribution < -0.4 is 0 Å². The molecule has 0 amide bonds. The van der Waals surface area contributed by atoms with Crippen LogP contribution in [0.3, 0.4) is 0 Å². The molecule has 1 N–H and O–H groups in total. The molecule has 5 heteroatoms. The number of rotatable bonds is 2. The first-order valence-corrected chi connectivity index (χ1v) is 16.8. The Morgan fingerprint density at radius 2 is 0.941 bits per heavy atom. The number of benzene rings is 1. The van der Waals surface area contributed by atoms with Gasteiger partial charge in [0.15, 0.2) is 0 Å². The molecule has 0 atom stereocenters. The maximum absolute atomic E-state index is 11.1. The molecule has 0 unspecified atom stereocenters. The van der Waals surface area contributed by atoms with Gasteiger partial charge in [-0.3, -0.25) is 0 Å². The van der Waals surface area contributed by atoms with E-state index in [0.29, 0.717) is 17.6 Å². The topological polar surface area (TPSA) is 42.5 Å². The molecule has 0 radical (unpaired) electrons. The zero-order chi connectivity index (χ0) is 27.5. The number of hydrogen-bond donors (Lipinski definition) is 1. The average molecular weight is 548 g/mol. The van der Waals surface area contributed by atoms with Crippen LogP contribution in [0.15, 0.2) is 18.2 Å². The van der Waals surface area contributed by atoms with Gasteiger partial charge in [-0.2, -0.15) is 0 Å². The van der Waals surface area contributed by atoms with Crippen molar-refractivity contribution in [3.8, 4) is 5.75 Å². The van der Waals surface area contributed by atoms with Gasteiger partial charge in [-0.15, -0.1) is 0 Å². The van der Waals surface area contributed by atoms with Gasteiger partial charge in [0.05, 0.1) is 0 Å². The van der Waals surface area contributed by atoms with E-state index >= 15 is 0 Å². The normalized spacial score (nSPS) is 14.4. The second kappa shape index (κ2) is 15.5. The third kappa shape index (κ3) is 10.7. The summed E-state index contributed by atoms with van der Waals surface area (Å²) in [7, 11) is 2.62. The van der Waals surface area contributed by atoms with Crippen molar-refractivity contribution >= 4 is 16.4 Å². The Morgan fingerprint density at radius 3 is 1.09 bits per heavy atom. The van der Waals surface area contributed by atoms with Crippen LogP contribution in [0.25, 0.3) is 5.16 Å². The van der Waals surface area contributed by atoms with E-state index in [1.807, 2.05) is 18.2 Å². The first-order chi connectivity index (χ1) is 15.3. The molecule has 34 heavy (non-hydrogen) atoms. The van der Waals surface area contributed by atoms with Crippen molar-refractivity contribution in [1.29, 1.82) is 0 Å². The monoisotopic (exact) mass is 547 g/mol. The van der Waals surface area contributed by atoms with Crippen molar-refractivity contribution in [2.75, 3.05) is 0 Å². The van der Waals surface area contributed by atoms with Crippen molar-refractivity contribution in [2.24, 2.45) is 0 Å². The number of nitrogens with zero attached hydrogens (tertiary/aromatic N) is 1. The van der Waals surface area contributed by atoms with E-state index in [0.717, 1.165) is 11.1 Å². The van der Waals surface area contributed by atoms with E-state index in [1.54, 1.807) is 0 Å². The number of phenols is 1. The van der Waals surface area contributed by atoms with Crippen LogP contribution in [0, 0.1) is 0 Å². The van der Waals surface area contributed by atoms with Crippen LogP contribution >= 0.6 is 16.4 Å². The second-order valence-electron chi connectivity index (χ2n) is 13.0. The van der Waals surface area contributed by atoms with Crippen LogP contribution in [0.2, 0.25) is 0 Å². The molecule has 1 aliphatic carbocycles. The standard InChI is InChI=1S/C12H27NP.C12H18O.C5H10.ClH.Ti/c1-10(2,3)14(13,11(4,5)6)12(7,8)9;1-8(2)10-6-5-7-11(9(3)4)12(10)13;1-2-4-5-3-1;;/h1-9H3;5-9,13H,1-4H3;1-5H2;1H;/q-1;;;;+2/p-1. The summed E-state index contributed by atoms with van der Waals surface area (Å²) in [4.78, 5) is 0. The van der Waals surface area contributed by atoms with Gasteiger partial charge >= 0.3 is 28.7 Å². The zero-order valence-corrected chi connectivity index (χ0v) is 27.9. The van der Waals surface area contributed by atoms with Gasteiger partial charge in [-0.1, -0.05) is 140 Å². The van der Waals surface area contributed by atoms with E-state index in [4.69, 9.17) is 0 Å². The predicted molar refractivity (Wildman–Crippen MR) is 155 cm³/mol. The Bertz CT molecular complexity index is 659. The molecule has 0 heterocycles. The molecule has 2 rings (SSSR count). The first kappa shape index (κ1) is 36.4. The minimum atomic E-state index is -2.02. The second-order valence-corrected chi connectivity index (χ2v) is 18.3. The van der Waals surface area contributed by atoms with Crippen molar-refractivity contribution in [1.82, 2.24) is 0 Å². The van der Waals surface area contributed by atoms with Gasteiger partial charge < -0.3 is 10.3 Å². The molecule has 1 saturated carbocycles. The van der Waals surface area contributed by atoms with E-state index in [2.05, 4.69) is 99.3 Å². The molecule has 198 valence electrons. The number of phenolic OH excluding ortho intramolecular Hbond substituents is 1. The SMILES string of the molecule is C1CCCC1.CC(C)(C)P(=[N-])(C(C)(C)C)C(C)(C)C.CC(C)c1cccc(C(C)C)c1O.[Cl][Ti+]. The third-order valence-corrected chi connectivity index (χ3v) is 12.3. The van der Waals surface area contributed by atoms with E-state index in [1.165, 1.54) is 51.5 Å². The third-order valence-electron chi connectivity index (χ3n) is 6.50. The van der Waals surface area contributed by atoms with Crippen LogP contribution in [0.4, 0.5) is 0 Å². The molecular weight excluding hydrogens is 493 g/mol. The molecule has 0 saturated heterocycles. The summed E-state index contributed by atoms with van der Waals surface area (Å²) in [5.74, 6) is 1.25. The molecule has 0 aromatic heterocycles. The summed E-state index contributed by atoms with van der Waals surface area (Å²) in [6.07, 6.45) is 7.50. The van der Waals surface area contributed by atoms with Crippen molar-refractivity contribution in [2.45, 2.75) is 149 Å². The quantitative estimate of drug-likeness (QED) is 0.290. The maximum atomic E-state index is 11.1. The van der Waals surface area contributed by atoms with Crippen LogP contribution in [0.1, 0.15) is 145 Å². The number of aromatic hydroxyl groups is 1. The average Bonchev–Trinajstić information content (AvgIpc) is 3.26. The number of halogens is 1. The Kier molecular flexibility index (Phi) is 16.6. The van der Waals surface area contributed by atoms with Gasteiger partial charge in [-0.25, -0.2) is 7.05 Å². The molecule has 1 aromatic rings. The molecule has 1 aliphatic rings.